The van der Waals surface area contributed by atoms with E-state index < -0.39 is 0 Å². The summed E-state index contributed by atoms with van der Waals surface area (Å²) in [4.78, 5) is 5.08. The fourth-order valence-corrected chi connectivity index (χ4v) is 2.15. The van der Waals surface area contributed by atoms with E-state index >= 15 is 0 Å². The second-order valence-corrected chi connectivity index (χ2v) is 4.08. The van der Waals surface area contributed by atoms with Gasteiger partial charge in [0.25, 0.3) is 0 Å². The van der Waals surface area contributed by atoms with Crippen LogP contribution in [0.2, 0.25) is 0 Å². The maximum atomic E-state index is 9.21. The van der Waals surface area contributed by atoms with Gasteiger partial charge in [0, 0.05) is 28.4 Å². The quantitative estimate of drug-likeness (QED) is 0.737. The summed E-state index contributed by atoms with van der Waals surface area (Å²) in [6.07, 6.45) is 5.48. The fraction of sp³-hybridized carbons (Fsp3) is 0.0769. The topological polar surface area (TPSA) is 36.7 Å². The molecule has 0 amide bonds. The van der Waals surface area contributed by atoms with Crippen LogP contribution in [-0.4, -0.2) is 11.2 Å². The van der Waals surface area contributed by atoms with Crippen molar-refractivity contribution in [2.75, 3.05) is 6.26 Å². The monoisotopic (exact) mass is 226 g/mol. The molecular weight excluding hydrogens is 216 g/mol. The lowest BCUT2D eigenvalue weighted by Crippen LogP contribution is -1.87. The zero-order valence-corrected chi connectivity index (χ0v) is 9.66. The average Bonchev–Trinajstić information content (AvgIpc) is 2.38. The van der Waals surface area contributed by atoms with Crippen LogP contribution in [0, 0.1) is 11.3 Å². The molecule has 0 spiro atoms. The van der Waals surface area contributed by atoms with Crippen molar-refractivity contribution < 1.29 is 0 Å². The first kappa shape index (κ1) is 10.7. The highest BCUT2D eigenvalue weighted by Gasteiger charge is 2.08. The van der Waals surface area contributed by atoms with Crippen molar-refractivity contribution in [2.45, 2.75) is 4.90 Å². The normalized spacial score (nSPS) is 9.75. The predicted molar refractivity (Wildman–Crippen MR) is 66.2 cm³/mol. The molecule has 0 saturated carbocycles. The van der Waals surface area contributed by atoms with Gasteiger partial charge in [0.15, 0.2) is 0 Å². The maximum Gasteiger partial charge on any atom is 0.101 e. The van der Waals surface area contributed by atoms with Crippen LogP contribution in [0.15, 0.2) is 47.6 Å². The third-order valence-corrected chi connectivity index (χ3v) is 3.11. The van der Waals surface area contributed by atoms with E-state index in [1.54, 1.807) is 24.2 Å². The molecule has 2 nitrogen and oxygen atoms in total. The Kier molecular flexibility index (Phi) is 3.23. The minimum Gasteiger partial charge on any atom is -0.264 e. The molecule has 0 aliphatic carbocycles. The lowest BCUT2D eigenvalue weighted by atomic mass is 10.0. The molecule has 16 heavy (non-hydrogen) atoms. The molecular formula is C13H10N2S. The number of hydrogen-bond donors (Lipinski definition) is 0. The predicted octanol–water partition coefficient (Wildman–Crippen LogP) is 3.34. The Morgan fingerprint density at radius 2 is 2.12 bits per heavy atom. The van der Waals surface area contributed by atoms with Crippen LogP contribution < -0.4 is 0 Å². The van der Waals surface area contributed by atoms with Crippen molar-refractivity contribution in [3.8, 4) is 17.2 Å². The highest BCUT2D eigenvalue weighted by molar-refractivity contribution is 7.98. The summed E-state index contributed by atoms with van der Waals surface area (Å²) >= 11 is 1.59. The molecule has 3 heteroatoms. The molecule has 0 fully saturated rings. The van der Waals surface area contributed by atoms with E-state index in [1.807, 2.05) is 36.6 Å². The number of aromatic nitrogens is 1. The molecule has 78 valence electrons. The lowest BCUT2D eigenvalue weighted by molar-refractivity contribution is 1.31. The third-order valence-electron chi connectivity index (χ3n) is 2.33. The first-order valence-electron chi connectivity index (χ1n) is 4.84. The third kappa shape index (κ3) is 1.93. The van der Waals surface area contributed by atoms with E-state index in [4.69, 9.17) is 0 Å². The SMILES string of the molecule is CSc1cccc(-c2cccnc2)c1C#N. The molecule has 0 unspecified atom stereocenters. The lowest BCUT2D eigenvalue weighted by Gasteiger charge is -2.06. The average molecular weight is 226 g/mol. The first-order valence-corrected chi connectivity index (χ1v) is 6.07. The maximum absolute atomic E-state index is 9.21. The van der Waals surface area contributed by atoms with Gasteiger partial charge in [-0.2, -0.15) is 5.26 Å². The van der Waals surface area contributed by atoms with Crippen molar-refractivity contribution in [2.24, 2.45) is 0 Å². The number of thioether (sulfide) groups is 1. The smallest absolute Gasteiger partial charge is 0.101 e. The second-order valence-electron chi connectivity index (χ2n) is 3.24. The molecule has 1 aromatic carbocycles. The van der Waals surface area contributed by atoms with Gasteiger partial charge in [0.2, 0.25) is 0 Å². The summed E-state index contributed by atoms with van der Waals surface area (Å²) in [7, 11) is 0. The molecule has 2 aromatic rings. The summed E-state index contributed by atoms with van der Waals surface area (Å²) < 4.78 is 0. The van der Waals surface area contributed by atoms with Gasteiger partial charge in [0.1, 0.15) is 6.07 Å². The van der Waals surface area contributed by atoms with E-state index in [0.717, 1.165) is 21.6 Å². The van der Waals surface area contributed by atoms with Gasteiger partial charge in [0.05, 0.1) is 5.56 Å². The Morgan fingerprint density at radius 3 is 2.75 bits per heavy atom. The summed E-state index contributed by atoms with van der Waals surface area (Å²) in [5.41, 5.74) is 2.65. The Hall–Kier alpha value is -1.79. The summed E-state index contributed by atoms with van der Waals surface area (Å²) in [5, 5.41) is 9.21. The van der Waals surface area contributed by atoms with Crippen molar-refractivity contribution >= 4 is 11.8 Å². The highest BCUT2D eigenvalue weighted by atomic mass is 32.2. The van der Waals surface area contributed by atoms with Crippen LogP contribution in [0.4, 0.5) is 0 Å². The molecule has 0 N–H and O–H groups in total. The van der Waals surface area contributed by atoms with Crippen LogP contribution >= 0.6 is 11.8 Å². The van der Waals surface area contributed by atoms with E-state index in [2.05, 4.69) is 11.1 Å². The van der Waals surface area contributed by atoms with Gasteiger partial charge in [-0.15, -0.1) is 11.8 Å². The summed E-state index contributed by atoms with van der Waals surface area (Å²) in [5.74, 6) is 0. The van der Waals surface area contributed by atoms with Crippen molar-refractivity contribution in [3.63, 3.8) is 0 Å². The van der Waals surface area contributed by atoms with Gasteiger partial charge in [-0.05, 0) is 18.4 Å². The zero-order chi connectivity index (χ0) is 11.4. The zero-order valence-electron chi connectivity index (χ0n) is 8.84. The second kappa shape index (κ2) is 4.82. The summed E-state index contributed by atoms with van der Waals surface area (Å²) in [6.45, 7) is 0. The molecule has 2 rings (SSSR count). The van der Waals surface area contributed by atoms with Crippen LogP contribution in [-0.2, 0) is 0 Å². The molecule has 0 bridgehead atoms. The Morgan fingerprint density at radius 1 is 1.25 bits per heavy atom. The highest BCUT2D eigenvalue weighted by Crippen LogP contribution is 2.29. The number of nitriles is 1. The Balaban J connectivity index is 2.63. The van der Waals surface area contributed by atoms with Gasteiger partial charge >= 0.3 is 0 Å². The molecule has 0 saturated heterocycles. The molecule has 1 aromatic heterocycles. The van der Waals surface area contributed by atoms with Crippen LogP contribution in [0.3, 0.4) is 0 Å². The van der Waals surface area contributed by atoms with Crippen molar-refractivity contribution in [3.05, 3.63) is 48.3 Å². The van der Waals surface area contributed by atoms with Crippen molar-refractivity contribution in [1.82, 2.24) is 4.98 Å². The van der Waals surface area contributed by atoms with Crippen molar-refractivity contribution in [1.29, 1.82) is 5.26 Å². The van der Waals surface area contributed by atoms with E-state index in [1.165, 1.54) is 0 Å². The number of benzene rings is 1. The first-order chi connectivity index (χ1) is 7.86. The molecule has 1 heterocycles. The molecule has 0 radical (unpaired) electrons. The number of hydrogen-bond acceptors (Lipinski definition) is 3. The van der Waals surface area contributed by atoms with Gasteiger partial charge in [-0.25, -0.2) is 0 Å². The van der Waals surface area contributed by atoms with E-state index in [9.17, 15) is 5.26 Å². The Labute approximate surface area is 99.0 Å². The fourth-order valence-electron chi connectivity index (χ4n) is 1.58. The molecule has 0 aliphatic rings. The number of pyridine rings is 1. The van der Waals surface area contributed by atoms with Crippen LogP contribution in [0.1, 0.15) is 5.56 Å². The molecule has 0 atom stereocenters. The Bertz CT molecular complexity index is 529. The standard InChI is InChI=1S/C13H10N2S/c1-16-13-6-2-5-11(12(13)8-14)10-4-3-7-15-9-10/h2-7,9H,1H3. The van der Waals surface area contributed by atoms with E-state index in [0.29, 0.717) is 0 Å². The van der Waals surface area contributed by atoms with E-state index in [-0.39, 0.29) is 0 Å². The molecule has 0 aliphatic heterocycles. The van der Waals surface area contributed by atoms with Crippen LogP contribution in [0.5, 0.6) is 0 Å². The summed E-state index contributed by atoms with van der Waals surface area (Å²) in [6, 6.07) is 12.0. The number of nitrogens with zero attached hydrogens (tertiary/aromatic N) is 2. The largest absolute Gasteiger partial charge is 0.264 e. The van der Waals surface area contributed by atoms with Gasteiger partial charge in [-0.3, -0.25) is 4.98 Å². The van der Waals surface area contributed by atoms with Crippen LogP contribution in [0.25, 0.3) is 11.1 Å². The van der Waals surface area contributed by atoms with Gasteiger partial charge in [-0.1, -0.05) is 18.2 Å². The minimum atomic E-state index is 0.725. The van der Waals surface area contributed by atoms with Gasteiger partial charge < -0.3 is 0 Å². The minimum absolute atomic E-state index is 0.725. The number of rotatable bonds is 2.